The van der Waals surface area contributed by atoms with Crippen LogP contribution in [0.4, 0.5) is 10.5 Å². The zero-order valence-electron chi connectivity index (χ0n) is 13.8. The van der Waals surface area contributed by atoms with Crippen molar-refractivity contribution in [2.45, 2.75) is 9.92 Å². The largest absolute Gasteiger partial charge is 0.348 e. The first-order valence-corrected chi connectivity index (χ1v) is 10.1. The van der Waals surface area contributed by atoms with Gasteiger partial charge in [0, 0.05) is 34.0 Å². The van der Waals surface area contributed by atoms with Gasteiger partial charge in [-0.2, -0.15) is 9.78 Å². The fraction of sp³-hybridized carbons (Fsp3) is 0.0588. The van der Waals surface area contributed by atoms with Gasteiger partial charge in [-0.3, -0.25) is 4.90 Å². The number of carbonyl (C=O) groups is 1. The summed E-state index contributed by atoms with van der Waals surface area (Å²) in [6, 6.07) is 11.3. The van der Waals surface area contributed by atoms with Crippen molar-refractivity contribution in [1.82, 2.24) is 9.78 Å². The van der Waals surface area contributed by atoms with Gasteiger partial charge in [0.05, 0.1) is 4.90 Å². The number of nitrogens with zero attached hydrogens (tertiary/aromatic N) is 3. The van der Waals surface area contributed by atoms with Crippen LogP contribution in [0.3, 0.4) is 0 Å². The Morgan fingerprint density at radius 3 is 2.30 bits per heavy atom. The highest BCUT2D eigenvalue weighted by Gasteiger charge is 2.24. The highest BCUT2D eigenvalue weighted by molar-refractivity contribution is 7.91. The highest BCUT2D eigenvalue weighted by Crippen LogP contribution is 2.26. The molecule has 0 N–H and O–H groups in total. The van der Waals surface area contributed by atoms with E-state index in [1.165, 1.54) is 42.4 Å². The molecule has 1 aromatic heterocycles. The van der Waals surface area contributed by atoms with E-state index >= 15 is 0 Å². The molecule has 0 radical (unpaired) electrons. The number of hydrogen-bond acceptors (Lipinski definition) is 4. The Bertz CT molecular complexity index is 1110. The van der Waals surface area contributed by atoms with Gasteiger partial charge in [-0.1, -0.05) is 40.9 Å². The predicted molar refractivity (Wildman–Crippen MR) is 105 cm³/mol. The van der Waals surface area contributed by atoms with Crippen LogP contribution in [-0.4, -0.2) is 31.3 Å². The second-order valence-electron chi connectivity index (χ2n) is 5.53. The molecule has 10 heteroatoms. The van der Waals surface area contributed by atoms with Crippen LogP contribution in [0, 0.1) is 0 Å². The van der Waals surface area contributed by atoms with Gasteiger partial charge in [-0.25, -0.2) is 13.2 Å². The molecule has 6 nitrogen and oxygen atoms in total. The molecule has 0 atom stereocenters. The van der Waals surface area contributed by atoms with Crippen LogP contribution < -0.4 is 4.90 Å². The van der Waals surface area contributed by atoms with Crippen molar-refractivity contribution in [2.75, 3.05) is 11.9 Å². The lowest BCUT2D eigenvalue weighted by atomic mass is 10.3. The maximum Gasteiger partial charge on any atom is 0.348 e. The van der Waals surface area contributed by atoms with Crippen LogP contribution in [0.25, 0.3) is 0 Å². The summed E-state index contributed by atoms with van der Waals surface area (Å²) >= 11 is 17.7. The number of benzene rings is 2. The zero-order valence-corrected chi connectivity index (χ0v) is 16.9. The summed E-state index contributed by atoms with van der Waals surface area (Å²) in [5.74, 6) is 0. The molecule has 0 aliphatic rings. The van der Waals surface area contributed by atoms with E-state index in [0.29, 0.717) is 10.7 Å². The van der Waals surface area contributed by atoms with Gasteiger partial charge >= 0.3 is 6.03 Å². The number of anilines is 1. The van der Waals surface area contributed by atoms with E-state index in [-0.39, 0.29) is 20.0 Å². The van der Waals surface area contributed by atoms with Crippen molar-refractivity contribution in [2.24, 2.45) is 0 Å². The van der Waals surface area contributed by atoms with Crippen LogP contribution in [0.5, 0.6) is 0 Å². The molecule has 27 heavy (non-hydrogen) atoms. The van der Waals surface area contributed by atoms with Crippen molar-refractivity contribution in [3.8, 4) is 0 Å². The number of amides is 1. The fourth-order valence-corrected chi connectivity index (χ4v) is 4.39. The first-order valence-electron chi connectivity index (χ1n) is 7.49. The van der Waals surface area contributed by atoms with Gasteiger partial charge in [-0.05, 0) is 42.5 Å². The summed E-state index contributed by atoms with van der Waals surface area (Å²) in [5.41, 5.74) is 0.536. The van der Waals surface area contributed by atoms with Crippen molar-refractivity contribution >= 4 is 56.4 Å². The fourth-order valence-electron chi connectivity index (χ4n) is 2.31. The van der Waals surface area contributed by atoms with Crippen molar-refractivity contribution < 1.29 is 13.2 Å². The van der Waals surface area contributed by atoms with E-state index in [4.69, 9.17) is 34.8 Å². The Morgan fingerprint density at radius 1 is 1.00 bits per heavy atom. The molecular weight excluding hydrogens is 433 g/mol. The third-order valence-corrected chi connectivity index (χ3v) is 5.96. The van der Waals surface area contributed by atoms with Crippen molar-refractivity contribution in [1.29, 1.82) is 0 Å². The molecule has 1 heterocycles. The summed E-state index contributed by atoms with van der Waals surface area (Å²) < 4.78 is 26.4. The minimum atomic E-state index is -3.99. The van der Waals surface area contributed by atoms with Crippen LogP contribution >= 0.6 is 34.8 Å². The van der Waals surface area contributed by atoms with Crippen LogP contribution in [-0.2, 0) is 9.84 Å². The van der Waals surface area contributed by atoms with E-state index in [9.17, 15) is 13.2 Å². The van der Waals surface area contributed by atoms with Gasteiger partial charge in [0.25, 0.3) is 0 Å². The number of sulfone groups is 1. The quantitative estimate of drug-likeness (QED) is 0.583. The number of carbonyl (C=O) groups excluding carboxylic acids is 1. The first-order chi connectivity index (χ1) is 12.7. The summed E-state index contributed by atoms with van der Waals surface area (Å²) in [5, 5.41) is 4.43. The van der Waals surface area contributed by atoms with Crippen LogP contribution in [0.15, 0.2) is 64.6 Å². The van der Waals surface area contributed by atoms with Gasteiger partial charge in [-0.15, -0.1) is 0 Å². The summed E-state index contributed by atoms with van der Waals surface area (Å²) in [4.78, 5) is 13.8. The molecule has 2 aromatic carbocycles. The topological polar surface area (TPSA) is 72.3 Å². The molecule has 140 valence electrons. The lowest BCUT2D eigenvalue weighted by Gasteiger charge is -2.16. The van der Waals surface area contributed by atoms with Gasteiger partial charge in [0.2, 0.25) is 9.84 Å². The third kappa shape index (κ3) is 4.11. The Labute approximate surface area is 170 Å². The minimum absolute atomic E-state index is 0.110. The zero-order chi connectivity index (χ0) is 19.8. The maximum absolute atomic E-state index is 12.7. The van der Waals surface area contributed by atoms with Crippen LogP contribution in [0.1, 0.15) is 0 Å². The molecule has 0 unspecified atom stereocenters. The Kier molecular flexibility index (Phi) is 5.48. The van der Waals surface area contributed by atoms with Crippen LogP contribution in [0.2, 0.25) is 15.1 Å². The molecule has 0 fully saturated rings. The lowest BCUT2D eigenvalue weighted by molar-refractivity contribution is 0.246. The molecule has 0 saturated heterocycles. The Morgan fingerprint density at radius 2 is 1.67 bits per heavy atom. The SMILES string of the molecule is CN(C(=O)n1ccc(S(=O)(=O)c2cc(Cl)cc(Cl)c2)n1)c1cccc(Cl)c1. The number of aromatic nitrogens is 2. The number of halogens is 3. The van der Waals surface area contributed by atoms with Crippen molar-refractivity contribution in [3.05, 3.63) is 69.8 Å². The Balaban J connectivity index is 1.93. The number of hydrogen-bond donors (Lipinski definition) is 0. The smallest absolute Gasteiger partial charge is 0.296 e. The molecule has 0 aliphatic carbocycles. The van der Waals surface area contributed by atoms with E-state index in [2.05, 4.69) is 5.10 Å². The molecule has 3 rings (SSSR count). The average Bonchev–Trinajstić information content (AvgIpc) is 3.10. The first kappa shape index (κ1) is 19.7. The van der Waals surface area contributed by atoms with E-state index in [0.717, 1.165) is 4.68 Å². The average molecular weight is 445 g/mol. The Hall–Kier alpha value is -2.06. The highest BCUT2D eigenvalue weighted by atomic mass is 35.5. The molecule has 0 saturated carbocycles. The molecular formula is C17H12Cl3N3O3S. The maximum atomic E-state index is 12.7. The lowest BCUT2D eigenvalue weighted by Crippen LogP contribution is -2.31. The predicted octanol–water partition coefficient (Wildman–Crippen LogP) is 4.78. The second kappa shape index (κ2) is 7.52. The van der Waals surface area contributed by atoms with Crippen molar-refractivity contribution in [3.63, 3.8) is 0 Å². The molecule has 0 bridgehead atoms. The number of rotatable bonds is 3. The van der Waals surface area contributed by atoms with E-state index in [1.54, 1.807) is 24.3 Å². The third-order valence-electron chi connectivity index (χ3n) is 3.66. The second-order valence-corrected chi connectivity index (χ2v) is 8.73. The standard InChI is InChI=1S/C17H12Cl3N3O3S/c1-22(14-4-2-3-11(18)8-14)17(24)23-6-5-16(21-23)27(25,26)15-9-12(19)7-13(20)10-15/h2-10H,1H3. The molecule has 3 aromatic rings. The van der Waals surface area contributed by atoms with E-state index < -0.39 is 15.9 Å². The normalized spacial score (nSPS) is 11.4. The minimum Gasteiger partial charge on any atom is -0.296 e. The van der Waals surface area contributed by atoms with Gasteiger partial charge < -0.3 is 0 Å². The summed E-state index contributed by atoms with van der Waals surface area (Å²) in [7, 11) is -2.46. The molecule has 1 amide bonds. The monoisotopic (exact) mass is 443 g/mol. The molecule has 0 spiro atoms. The summed E-state index contributed by atoms with van der Waals surface area (Å²) in [6.07, 6.45) is 1.27. The van der Waals surface area contributed by atoms with E-state index in [1.807, 2.05) is 0 Å². The molecule has 0 aliphatic heterocycles. The van der Waals surface area contributed by atoms with Gasteiger partial charge in [0.15, 0.2) is 5.03 Å². The van der Waals surface area contributed by atoms with Gasteiger partial charge in [0.1, 0.15) is 0 Å². The summed E-state index contributed by atoms with van der Waals surface area (Å²) in [6.45, 7) is 0.